The Kier molecular flexibility index (Phi) is 7.87. The average molecular weight is 494 g/mol. The van der Waals surface area contributed by atoms with Gasteiger partial charge in [0.25, 0.3) is 0 Å². The first kappa shape index (κ1) is 24.8. The second-order valence-corrected chi connectivity index (χ2v) is 10.0. The molecule has 3 fully saturated rings. The summed E-state index contributed by atoms with van der Waals surface area (Å²) in [6, 6.07) is 15.3. The molecule has 1 N–H and O–H groups in total. The molecule has 36 heavy (non-hydrogen) atoms. The molecule has 7 nitrogen and oxygen atoms in total. The highest BCUT2D eigenvalue weighted by Crippen LogP contribution is 2.44. The highest BCUT2D eigenvalue weighted by atomic mass is 16.7. The fourth-order valence-electron chi connectivity index (χ4n) is 5.29. The summed E-state index contributed by atoms with van der Waals surface area (Å²) in [5.41, 5.74) is 4.53. The molecular weight excluding hydrogens is 458 g/mol. The van der Waals surface area contributed by atoms with E-state index >= 15 is 0 Å². The Labute approximate surface area is 212 Å². The summed E-state index contributed by atoms with van der Waals surface area (Å²) in [7, 11) is 0. The molecule has 1 amide bonds. The number of likely N-dealkylation sites (tertiary alicyclic amines) is 1. The van der Waals surface area contributed by atoms with Gasteiger partial charge in [-0.1, -0.05) is 74.2 Å². The van der Waals surface area contributed by atoms with Gasteiger partial charge in [0.2, 0.25) is 0 Å². The minimum atomic E-state index is -1.05. The molecule has 2 aromatic rings. The molecule has 1 saturated carbocycles. The largest absolute Gasteiger partial charge is 0.480 e. The molecule has 0 spiro atoms. The molecule has 3 atom stereocenters. The van der Waals surface area contributed by atoms with E-state index in [-0.39, 0.29) is 37.9 Å². The van der Waals surface area contributed by atoms with E-state index in [1.807, 2.05) is 24.3 Å². The zero-order chi connectivity index (χ0) is 24.9. The first-order valence-electron chi connectivity index (χ1n) is 13.2. The van der Waals surface area contributed by atoms with Crippen LogP contribution >= 0.6 is 0 Å². The van der Waals surface area contributed by atoms with Crippen molar-refractivity contribution in [1.29, 1.82) is 0 Å². The van der Waals surface area contributed by atoms with Crippen molar-refractivity contribution < 1.29 is 28.9 Å². The molecule has 6 rings (SSSR count). The first-order valence-corrected chi connectivity index (χ1v) is 13.2. The quantitative estimate of drug-likeness (QED) is 0.586. The summed E-state index contributed by atoms with van der Waals surface area (Å²) >= 11 is 0. The number of hydrogen-bond donors (Lipinski definition) is 1. The third kappa shape index (κ3) is 5.42. The number of aliphatic carboxylic acids is 1. The van der Waals surface area contributed by atoms with Crippen molar-refractivity contribution in [2.45, 2.75) is 75.7 Å². The third-order valence-corrected chi connectivity index (χ3v) is 7.60. The number of ether oxygens (including phenoxy) is 3. The van der Waals surface area contributed by atoms with Gasteiger partial charge >= 0.3 is 12.1 Å². The van der Waals surface area contributed by atoms with Crippen LogP contribution in [0.4, 0.5) is 4.79 Å². The van der Waals surface area contributed by atoms with Gasteiger partial charge in [-0.05, 0) is 41.5 Å². The molecule has 1 unspecified atom stereocenters. The first-order chi connectivity index (χ1) is 17.6. The molecule has 0 bridgehead atoms. The van der Waals surface area contributed by atoms with Gasteiger partial charge in [-0.15, -0.1) is 0 Å². The van der Waals surface area contributed by atoms with E-state index in [1.165, 1.54) is 30.6 Å². The van der Waals surface area contributed by atoms with E-state index in [9.17, 15) is 14.7 Å². The Balaban J connectivity index is 0.000000608. The second kappa shape index (κ2) is 11.4. The van der Waals surface area contributed by atoms with Crippen LogP contribution in [0.2, 0.25) is 0 Å². The molecular formula is C29H35NO6. The third-order valence-electron chi connectivity index (χ3n) is 7.60. The minimum Gasteiger partial charge on any atom is -0.480 e. The van der Waals surface area contributed by atoms with Crippen LogP contribution in [0.15, 0.2) is 48.5 Å². The molecule has 192 valence electrons. The van der Waals surface area contributed by atoms with Crippen LogP contribution < -0.4 is 0 Å². The van der Waals surface area contributed by atoms with Crippen LogP contribution in [-0.2, 0) is 19.0 Å². The number of nitrogens with zero attached hydrogens (tertiary/aromatic N) is 1. The summed E-state index contributed by atoms with van der Waals surface area (Å²) in [4.78, 5) is 26.0. The molecule has 2 aliphatic heterocycles. The van der Waals surface area contributed by atoms with Crippen molar-refractivity contribution in [2.24, 2.45) is 0 Å². The van der Waals surface area contributed by atoms with Crippen molar-refractivity contribution in [3.05, 3.63) is 59.7 Å². The Hall–Kier alpha value is -2.90. The topological polar surface area (TPSA) is 85.3 Å². The number of carbonyl (C=O) groups is 2. The predicted octanol–water partition coefficient (Wildman–Crippen LogP) is 5.57. The molecule has 4 aliphatic rings. The van der Waals surface area contributed by atoms with E-state index in [4.69, 9.17) is 14.2 Å². The van der Waals surface area contributed by atoms with Gasteiger partial charge in [0.1, 0.15) is 12.6 Å². The molecule has 7 heteroatoms. The maximum absolute atomic E-state index is 12.9. The molecule has 0 aromatic heterocycles. The van der Waals surface area contributed by atoms with Crippen LogP contribution in [-0.4, -0.2) is 60.3 Å². The Morgan fingerprint density at radius 2 is 1.56 bits per heavy atom. The number of carboxylic acids is 1. The zero-order valence-electron chi connectivity index (χ0n) is 20.6. The molecule has 2 saturated heterocycles. The monoisotopic (exact) mass is 493 g/mol. The average Bonchev–Trinajstić information content (AvgIpc) is 3.42. The predicted molar refractivity (Wildman–Crippen MR) is 135 cm³/mol. The maximum atomic E-state index is 12.9. The van der Waals surface area contributed by atoms with Crippen LogP contribution in [0, 0.1) is 0 Å². The lowest BCUT2D eigenvalue weighted by atomic mass is 9.98. The van der Waals surface area contributed by atoms with Crippen molar-refractivity contribution >= 4 is 12.1 Å². The Bertz CT molecular complexity index is 1010. The van der Waals surface area contributed by atoms with Crippen molar-refractivity contribution in [3.8, 4) is 11.1 Å². The molecule has 0 radical (unpaired) electrons. The number of rotatable bonds is 5. The standard InChI is InChI=1S/C25H27NO6.C4H8/c27-24(28)22-13-16(32-23-11-5-6-12-30-23)14-26(22)25(29)31-15-21-19-9-3-1-7-17(19)18-8-2-4-10-20(18)21;1-2-4-3-1/h1-4,7-10,16,21-23H,5-6,11-15H2,(H,27,28);1-4H2/t16-,22-,23?;/m0./s1. The smallest absolute Gasteiger partial charge is 0.410 e. The number of amides is 1. The SMILES string of the molecule is C1CCC1.O=C(O)[C@@H]1C[C@H](OC2CCCCO2)CN1C(=O)OCC1c2ccccc2-c2ccccc21. The van der Waals surface area contributed by atoms with Crippen LogP contribution in [0.1, 0.15) is 68.4 Å². The highest BCUT2D eigenvalue weighted by molar-refractivity contribution is 5.81. The number of benzene rings is 2. The van der Waals surface area contributed by atoms with Gasteiger partial charge in [-0.25, -0.2) is 9.59 Å². The lowest BCUT2D eigenvalue weighted by Crippen LogP contribution is -2.41. The van der Waals surface area contributed by atoms with E-state index in [2.05, 4.69) is 24.3 Å². The van der Waals surface area contributed by atoms with Crippen LogP contribution in [0.25, 0.3) is 11.1 Å². The number of hydrogen-bond acceptors (Lipinski definition) is 5. The molecule has 2 heterocycles. The van der Waals surface area contributed by atoms with Crippen molar-refractivity contribution in [3.63, 3.8) is 0 Å². The zero-order valence-corrected chi connectivity index (χ0v) is 20.6. The maximum Gasteiger partial charge on any atom is 0.410 e. The minimum absolute atomic E-state index is 0.0695. The fourth-order valence-corrected chi connectivity index (χ4v) is 5.29. The van der Waals surface area contributed by atoms with Gasteiger partial charge in [-0.3, -0.25) is 4.90 Å². The normalized spacial score (nSPS) is 24.7. The summed E-state index contributed by atoms with van der Waals surface area (Å²) in [6.07, 6.45) is 7.74. The van der Waals surface area contributed by atoms with E-state index < -0.39 is 18.1 Å². The van der Waals surface area contributed by atoms with E-state index in [0.29, 0.717) is 6.61 Å². The summed E-state index contributed by atoms with van der Waals surface area (Å²) < 4.78 is 17.2. The van der Waals surface area contributed by atoms with Gasteiger partial charge in [0.15, 0.2) is 6.29 Å². The number of fused-ring (bicyclic) bond motifs is 3. The fraction of sp³-hybridized carbons (Fsp3) is 0.517. The van der Waals surface area contributed by atoms with Crippen LogP contribution in [0.5, 0.6) is 0 Å². The van der Waals surface area contributed by atoms with Gasteiger partial charge in [0, 0.05) is 18.9 Å². The van der Waals surface area contributed by atoms with Crippen molar-refractivity contribution in [1.82, 2.24) is 4.90 Å². The van der Waals surface area contributed by atoms with Crippen molar-refractivity contribution in [2.75, 3.05) is 19.8 Å². The molecule has 2 aliphatic carbocycles. The van der Waals surface area contributed by atoms with Crippen LogP contribution in [0.3, 0.4) is 0 Å². The highest BCUT2D eigenvalue weighted by Gasteiger charge is 2.42. The summed E-state index contributed by atoms with van der Waals surface area (Å²) in [6.45, 7) is 0.996. The Morgan fingerprint density at radius 3 is 2.11 bits per heavy atom. The van der Waals surface area contributed by atoms with E-state index in [0.717, 1.165) is 41.5 Å². The number of carbonyl (C=O) groups excluding carboxylic acids is 1. The van der Waals surface area contributed by atoms with E-state index in [1.54, 1.807) is 0 Å². The molecule has 2 aromatic carbocycles. The van der Waals surface area contributed by atoms with Gasteiger partial charge < -0.3 is 19.3 Å². The van der Waals surface area contributed by atoms with Gasteiger partial charge in [0.05, 0.1) is 12.6 Å². The van der Waals surface area contributed by atoms with Gasteiger partial charge in [-0.2, -0.15) is 0 Å². The summed E-state index contributed by atoms with van der Waals surface area (Å²) in [5, 5.41) is 9.66. The lowest BCUT2D eigenvalue weighted by Gasteiger charge is -2.26. The summed E-state index contributed by atoms with van der Waals surface area (Å²) in [5.74, 6) is -1.12. The number of carboxylic acid groups (broad SMARTS) is 1. The second-order valence-electron chi connectivity index (χ2n) is 10.0. The Morgan fingerprint density at radius 1 is 0.917 bits per heavy atom. The lowest BCUT2D eigenvalue weighted by molar-refractivity contribution is -0.185.